The van der Waals surface area contributed by atoms with Crippen LogP contribution in [0.4, 0.5) is 0 Å². The molecule has 3 heteroatoms. The number of piperidine rings is 1. The first-order valence-electron chi connectivity index (χ1n) is 8.37. The lowest BCUT2D eigenvalue weighted by molar-refractivity contribution is 0.0874. The van der Waals surface area contributed by atoms with Gasteiger partial charge in [0.15, 0.2) is 5.78 Å². The molecule has 1 heterocycles. The number of ketones is 1. The molecule has 1 aliphatic heterocycles. The zero-order valence-electron chi connectivity index (χ0n) is 13.0. The van der Waals surface area contributed by atoms with Gasteiger partial charge >= 0.3 is 0 Å². The third-order valence-electron chi connectivity index (χ3n) is 5.00. The molecular weight excluding hydrogens is 260 g/mol. The monoisotopic (exact) mass is 286 g/mol. The van der Waals surface area contributed by atoms with Crippen molar-refractivity contribution in [3.05, 3.63) is 34.9 Å². The normalized spacial score (nSPS) is 19.0. The fourth-order valence-electron chi connectivity index (χ4n) is 3.69. The Kier molecular flexibility index (Phi) is 4.71. The SMILES string of the molecule is CCN(CC(=O)c1ccc2c(c1)CCC2)C1CCNCC1. The van der Waals surface area contributed by atoms with Gasteiger partial charge in [-0.2, -0.15) is 0 Å². The van der Waals surface area contributed by atoms with Gasteiger partial charge in [-0.1, -0.05) is 19.1 Å². The number of aryl methyl sites for hydroxylation is 2. The number of fused-ring (bicyclic) bond motifs is 1. The maximum absolute atomic E-state index is 12.6. The number of hydrogen-bond acceptors (Lipinski definition) is 3. The zero-order chi connectivity index (χ0) is 14.7. The van der Waals surface area contributed by atoms with Crippen LogP contribution in [0, 0.1) is 0 Å². The lowest BCUT2D eigenvalue weighted by Gasteiger charge is -2.33. The summed E-state index contributed by atoms with van der Waals surface area (Å²) in [6.45, 7) is 5.85. The average molecular weight is 286 g/mol. The summed E-state index contributed by atoms with van der Waals surface area (Å²) in [5, 5.41) is 3.40. The first-order valence-corrected chi connectivity index (χ1v) is 8.37. The summed E-state index contributed by atoms with van der Waals surface area (Å²) >= 11 is 0. The van der Waals surface area contributed by atoms with E-state index in [4.69, 9.17) is 0 Å². The van der Waals surface area contributed by atoms with Crippen molar-refractivity contribution < 1.29 is 4.79 Å². The number of carbonyl (C=O) groups is 1. The number of carbonyl (C=O) groups excluding carboxylic acids is 1. The van der Waals surface area contributed by atoms with Crippen molar-refractivity contribution in [3.63, 3.8) is 0 Å². The largest absolute Gasteiger partial charge is 0.317 e. The first-order chi connectivity index (χ1) is 10.3. The summed E-state index contributed by atoms with van der Waals surface area (Å²) in [5.74, 6) is 0.282. The molecule has 2 aliphatic rings. The van der Waals surface area contributed by atoms with Gasteiger partial charge in [0.25, 0.3) is 0 Å². The Bertz CT molecular complexity index is 506. The molecule has 1 N–H and O–H groups in total. The van der Waals surface area contributed by atoms with E-state index in [-0.39, 0.29) is 5.78 Å². The molecule has 0 spiro atoms. The molecule has 0 unspecified atom stereocenters. The van der Waals surface area contributed by atoms with E-state index in [2.05, 4.69) is 29.3 Å². The highest BCUT2D eigenvalue weighted by Crippen LogP contribution is 2.23. The summed E-state index contributed by atoms with van der Waals surface area (Å²) in [6.07, 6.45) is 5.88. The molecule has 114 valence electrons. The molecule has 0 bridgehead atoms. The van der Waals surface area contributed by atoms with Gasteiger partial charge in [0, 0.05) is 11.6 Å². The van der Waals surface area contributed by atoms with Crippen molar-refractivity contribution in [1.82, 2.24) is 10.2 Å². The van der Waals surface area contributed by atoms with E-state index in [9.17, 15) is 4.79 Å². The number of likely N-dealkylation sites (N-methyl/N-ethyl adjacent to an activating group) is 1. The van der Waals surface area contributed by atoms with Crippen LogP contribution in [0.5, 0.6) is 0 Å². The highest BCUT2D eigenvalue weighted by Gasteiger charge is 2.22. The van der Waals surface area contributed by atoms with Crippen molar-refractivity contribution in [1.29, 1.82) is 0 Å². The van der Waals surface area contributed by atoms with Crippen molar-refractivity contribution in [2.24, 2.45) is 0 Å². The first kappa shape index (κ1) is 14.7. The molecule has 1 aromatic rings. The lowest BCUT2D eigenvalue weighted by atomic mass is 10.0. The van der Waals surface area contributed by atoms with Gasteiger partial charge < -0.3 is 5.32 Å². The Morgan fingerprint density at radius 1 is 1.24 bits per heavy atom. The second-order valence-electron chi connectivity index (χ2n) is 6.30. The van der Waals surface area contributed by atoms with Gasteiger partial charge in [-0.05, 0) is 68.9 Å². The van der Waals surface area contributed by atoms with Crippen LogP contribution in [0.3, 0.4) is 0 Å². The molecular formula is C18H26N2O. The minimum atomic E-state index is 0.282. The van der Waals surface area contributed by atoms with E-state index in [1.165, 1.54) is 24.0 Å². The van der Waals surface area contributed by atoms with Crippen LogP contribution in [0.2, 0.25) is 0 Å². The smallest absolute Gasteiger partial charge is 0.176 e. The van der Waals surface area contributed by atoms with Crippen LogP contribution >= 0.6 is 0 Å². The average Bonchev–Trinajstić information content (AvgIpc) is 3.00. The Labute approximate surface area is 127 Å². The van der Waals surface area contributed by atoms with Crippen molar-refractivity contribution in [3.8, 4) is 0 Å². The summed E-state index contributed by atoms with van der Waals surface area (Å²) in [7, 11) is 0. The van der Waals surface area contributed by atoms with Gasteiger partial charge in [-0.25, -0.2) is 0 Å². The standard InChI is InChI=1S/C18H26N2O/c1-2-20(17-8-10-19-11-9-17)13-18(21)16-7-6-14-4-3-5-15(14)12-16/h6-7,12,17,19H,2-5,8-11,13H2,1H3. The summed E-state index contributed by atoms with van der Waals surface area (Å²) in [6, 6.07) is 6.90. The molecule has 0 saturated carbocycles. The van der Waals surface area contributed by atoms with Crippen molar-refractivity contribution in [2.45, 2.75) is 45.1 Å². The van der Waals surface area contributed by atoms with E-state index >= 15 is 0 Å². The molecule has 1 aromatic carbocycles. The van der Waals surface area contributed by atoms with Crippen LogP contribution < -0.4 is 5.32 Å². The molecule has 3 rings (SSSR count). The van der Waals surface area contributed by atoms with Crippen molar-refractivity contribution >= 4 is 5.78 Å². The maximum atomic E-state index is 12.6. The molecule has 0 atom stereocenters. The highest BCUT2D eigenvalue weighted by atomic mass is 16.1. The minimum absolute atomic E-state index is 0.282. The topological polar surface area (TPSA) is 32.3 Å². The highest BCUT2D eigenvalue weighted by molar-refractivity contribution is 5.97. The Morgan fingerprint density at radius 3 is 2.76 bits per heavy atom. The van der Waals surface area contributed by atoms with Crippen LogP contribution in [-0.4, -0.2) is 42.9 Å². The summed E-state index contributed by atoms with van der Waals surface area (Å²) in [4.78, 5) is 15.0. The summed E-state index contributed by atoms with van der Waals surface area (Å²) < 4.78 is 0. The minimum Gasteiger partial charge on any atom is -0.317 e. The third kappa shape index (κ3) is 3.35. The molecule has 1 fully saturated rings. The van der Waals surface area contributed by atoms with Gasteiger partial charge in [0.2, 0.25) is 0 Å². The van der Waals surface area contributed by atoms with Gasteiger partial charge in [0.1, 0.15) is 0 Å². The number of nitrogens with one attached hydrogen (secondary N) is 1. The van der Waals surface area contributed by atoms with E-state index in [1.54, 1.807) is 0 Å². The predicted octanol–water partition coefficient (Wildman–Crippen LogP) is 2.43. The number of nitrogens with zero attached hydrogens (tertiary/aromatic N) is 1. The van der Waals surface area contributed by atoms with Gasteiger partial charge in [0.05, 0.1) is 6.54 Å². The number of hydrogen-bond donors (Lipinski definition) is 1. The molecule has 3 nitrogen and oxygen atoms in total. The predicted molar refractivity (Wildman–Crippen MR) is 85.9 cm³/mol. The summed E-state index contributed by atoms with van der Waals surface area (Å²) in [5.41, 5.74) is 3.74. The molecule has 0 aromatic heterocycles. The maximum Gasteiger partial charge on any atom is 0.176 e. The molecule has 1 aliphatic carbocycles. The fraction of sp³-hybridized carbons (Fsp3) is 0.611. The van der Waals surface area contributed by atoms with E-state index in [0.717, 1.165) is 44.5 Å². The molecule has 0 amide bonds. The quantitative estimate of drug-likeness (QED) is 0.844. The fourth-order valence-corrected chi connectivity index (χ4v) is 3.69. The van der Waals surface area contributed by atoms with Crippen LogP contribution in [0.25, 0.3) is 0 Å². The third-order valence-corrected chi connectivity index (χ3v) is 5.00. The van der Waals surface area contributed by atoms with Crippen LogP contribution in [-0.2, 0) is 12.8 Å². The van der Waals surface area contributed by atoms with E-state index < -0.39 is 0 Å². The van der Waals surface area contributed by atoms with Crippen LogP contribution in [0.1, 0.15) is 47.7 Å². The van der Waals surface area contributed by atoms with Gasteiger partial charge in [-0.3, -0.25) is 9.69 Å². The molecule has 1 saturated heterocycles. The number of benzene rings is 1. The van der Waals surface area contributed by atoms with Crippen molar-refractivity contribution in [2.75, 3.05) is 26.2 Å². The molecule has 0 radical (unpaired) electrons. The van der Waals surface area contributed by atoms with Gasteiger partial charge in [-0.15, -0.1) is 0 Å². The zero-order valence-corrected chi connectivity index (χ0v) is 13.0. The lowest BCUT2D eigenvalue weighted by Crippen LogP contribution is -2.45. The van der Waals surface area contributed by atoms with E-state index in [0.29, 0.717) is 12.6 Å². The van der Waals surface area contributed by atoms with E-state index in [1.807, 2.05) is 6.07 Å². The van der Waals surface area contributed by atoms with Crippen LogP contribution in [0.15, 0.2) is 18.2 Å². The second kappa shape index (κ2) is 6.71. The second-order valence-corrected chi connectivity index (χ2v) is 6.30. The Morgan fingerprint density at radius 2 is 2.00 bits per heavy atom. The molecule has 21 heavy (non-hydrogen) atoms. The Hall–Kier alpha value is -1.19. The Balaban J connectivity index is 1.66. The number of rotatable bonds is 5. The number of Topliss-reactive ketones (excluding diaryl/α,β-unsaturated/α-hetero) is 1.